The smallest absolute Gasteiger partial charge is 0.0702 e. The Kier molecular flexibility index (Phi) is 8.39. The molecule has 286 valence electrons. The quantitative estimate of drug-likeness (QED) is 0.156. The van der Waals surface area contributed by atoms with Crippen molar-refractivity contribution < 1.29 is 0 Å². The summed E-state index contributed by atoms with van der Waals surface area (Å²) in [5.74, 6) is 0. The molecule has 2 heterocycles. The second kappa shape index (κ2) is 14.5. The number of para-hydroxylation sites is 5. The van der Waals surface area contributed by atoms with Gasteiger partial charge in [-0.25, -0.2) is 0 Å². The topological polar surface area (TPSA) is 8.17 Å². The van der Waals surface area contributed by atoms with E-state index in [0.717, 1.165) is 28.3 Å². The number of aromatic nitrogens is 1. The fourth-order valence-corrected chi connectivity index (χ4v) is 10.5. The third kappa shape index (κ3) is 5.93. The maximum Gasteiger partial charge on any atom is 0.0702 e. The molecule has 2 aromatic heterocycles. The molecule has 12 aromatic rings. The number of thiophene rings is 1. The summed E-state index contributed by atoms with van der Waals surface area (Å²) in [5, 5.41) is 7.59. The van der Waals surface area contributed by atoms with E-state index in [1.54, 1.807) is 0 Å². The van der Waals surface area contributed by atoms with Crippen LogP contribution in [0.15, 0.2) is 231 Å². The number of hydrogen-bond acceptors (Lipinski definition) is 2. The Bertz CT molecular complexity index is 3550. The van der Waals surface area contributed by atoms with Crippen LogP contribution in [0.25, 0.3) is 91.8 Å². The summed E-state index contributed by atoms with van der Waals surface area (Å²) in [5.41, 5.74) is 13.9. The minimum Gasteiger partial charge on any atom is -0.308 e. The summed E-state index contributed by atoms with van der Waals surface area (Å²) >= 11 is 1.86. The largest absolute Gasteiger partial charge is 0.308 e. The van der Waals surface area contributed by atoms with Gasteiger partial charge in [0.2, 0.25) is 0 Å². The standard InChI is InChI=1S/C58H38N2S/c1-2-19-45-40(15-1)16-14-24-46(45)41-33-31-39(32-34-41)42-17-13-18-44(37-42)59(52-25-7-3-20-47(52)43-35-36-58-51(38-43)50-23-6-12-30-57(50)61-58)55-28-10-11-29-56(55)60-53-26-8-4-21-48(53)49-22-5-9-27-54(49)60/h1-38H. The van der Waals surface area contributed by atoms with Gasteiger partial charge in [-0.05, 0) is 99.3 Å². The lowest BCUT2D eigenvalue weighted by atomic mass is 9.96. The zero-order chi connectivity index (χ0) is 40.3. The third-order valence-corrected chi connectivity index (χ3v) is 13.4. The van der Waals surface area contributed by atoms with E-state index >= 15 is 0 Å². The van der Waals surface area contributed by atoms with Gasteiger partial charge < -0.3 is 9.47 Å². The van der Waals surface area contributed by atoms with Crippen LogP contribution in [-0.4, -0.2) is 4.57 Å². The summed E-state index contributed by atoms with van der Waals surface area (Å²) < 4.78 is 5.05. The first kappa shape index (κ1) is 35.2. The van der Waals surface area contributed by atoms with Crippen molar-refractivity contribution in [3.63, 3.8) is 0 Å². The Hall–Kier alpha value is -7.72. The molecule has 0 unspecified atom stereocenters. The summed E-state index contributed by atoms with van der Waals surface area (Å²) in [6, 6.07) is 84.3. The van der Waals surface area contributed by atoms with Crippen LogP contribution in [0.2, 0.25) is 0 Å². The molecule has 10 aromatic carbocycles. The first-order valence-electron chi connectivity index (χ1n) is 20.8. The second-order valence-electron chi connectivity index (χ2n) is 15.7. The lowest BCUT2D eigenvalue weighted by Crippen LogP contribution is -2.14. The van der Waals surface area contributed by atoms with Crippen molar-refractivity contribution in [2.45, 2.75) is 0 Å². The highest BCUT2D eigenvalue weighted by molar-refractivity contribution is 7.25. The third-order valence-electron chi connectivity index (χ3n) is 12.2. The zero-order valence-corrected chi connectivity index (χ0v) is 34.1. The molecule has 3 heteroatoms. The second-order valence-corrected chi connectivity index (χ2v) is 16.8. The molecule has 12 rings (SSSR count). The molecule has 0 amide bonds. The first-order chi connectivity index (χ1) is 30.3. The number of rotatable bonds is 7. The summed E-state index contributed by atoms with van der Waals surface area (Å²) in [6.07, 6.45) is 0. The molecule has 0 aliphatic carbocycles. The monoisotopic (exact) mass is 794 g/mol. The number of benzene rings is 10. The Morgan fingerprint density at radius 3 is 1.72 bits per heavy atom. The highest BCUT2D eigenvalue weighted by Gasteiger charge is 2.23. The van der Waals surface area contributed by atoms with Crippen LogP contribution in [0.1, 0.15) is 0 Å². The van der Waals surface area contributed by atoms with Gasteiger partial charge in [0.05, 0.1) is 28.1 Å². The van der Waals surface area contributed by atoms with Crippen LogP contribution in [0, 0.1) is 0 Å². The van der Waals surface area contributed by atoms with E-state index in [2.05, 4.69) is 240 Å². The molecular weight excluding hydrogens is 757 g/mol. The van der Waals surface area contributed by atoms with Crippen molar-refractivity contribution in [1.82, 2.24) is 4.57 Å². The van der Waals surface area contributed by atoms with Crippen LogP contribution in [0.5, 0.6) is 0 Å². The predicted octanol–water partition coefficient (Wildman–Crippen LogP) is 16.8. The van der Waals surface area contributed by atoms with Gasteiger partial charge >= 0.3 is 0 Å². The highest BCUT2D eigenvalue weighted by Crippen LogP contribution is 2.47. The molecule has 0 spiro atoms. The Balaban J connectivity index is 1.06. The van der Waals surface area contributed by atoms with Crippen LogP contribution in [0.3, 0.4) is 0 Å². The molecule has 0 aliphatic heterocycles. The van der Waals surface area contributed by atoms with Crippen molar-refractivity contribution in [3.8, 4) is 39.1 Å². The van der Waals surface area contributed by atoms with Crippen LogP contribution in [0.4, 0.5) is 17.1 Å². The highest BCUT2D eigenvalue weighted by atomic mass is 32.1. The lowest BCUT2D eigenvalue weighted by molar-refractivity contribution is 1.15. The molecule has 0 atom stereocenters. The van der Waals surface area contributed by atoms with E-state index in [9.17, 15) is 0 Å². The molecule has 0 aliphatic rings. The van der Waals surface area contributed by atoms with Gasteiger partial charge in [0.15, 0.2) is 0 Å². The molecule has 0 saturated heterocycles. The van der Waals surface area contributed by atoms with Gasteiger partial charge in [0, 0.05) is 42.2 Å². The maximum absolute atomic E-state index is 2.47. The first-order valence-corrected chi connectivity index (χ1v) is 21.7. The molecule has 2 nitrogen and oxygen atoms in total. The molecule has 0 bridgehead atoms. The molecule has 0 radical (unpaired) electrons. The van der Waals surface area contributed by atoms with Crippen molar-refractivity contribution in [2.24, 2.45) is 0 Å². The van der Waals surface area contributed by atoms with Gasteiger partial charge in [0.25, 0.3) is 0 Å². The van der Waals surface area contributed by atoms with Gasteiger partial charge in [-0.15, -0.1) is 11.3 Å². The van der Waals surface area contributed by atoms with E-state index < -0.39 is 0 Å². The van der Waals surface area contributed by atoms with Gasteiger partial charge in [-0.3, -0.25) is 0 Å². The van der Waals surface area contributed by atoms with Crippen LogP contribution in [-0.2, 0) is 0 Å². The maximum atomic E-state index is 2.47. The molecule has 0 fully saturated rings. The molecular formula is C58H38N2S. The number of anilines is 3. The van der Waals surface area contributed by atoms with Crippen molar-refractivity contribution in [2.75, 3.05) is 4.90 Å². The number of hydrogen-bond donors (Lipinski definition) is 0. The van der Waals surface area contributed by atoms with Gasteiger partial charge in [-0.2, -0.15) is 0 Å². The van der Waals surface area contributed by atoms with E-state index in [4.69, 9.17) is 0 Å². The van der Waals surface area contributed by atoms with Gasteiger partial charge in [-0.1, -0.05) is 170 Å². The van der Waals surface area contributed by atoms with E-state index in [0.29, 0.717) is 0 Å². The zero-order valence-electron chi connectivity index (χ0n) is 33.2. The average molecular weight is 795 g/mol. The van der Waals surface area contributed by atoms with Crippen molar-refractivity contribution in [3.05, 3.63) is 231 Å². The minimum atomic E-state index is 1.08. The van der Waals surface area contributed by atoms with E-state index in [-0.39, 0.29) is 0 Å². The summed E-state index contributed by atoms with van der Waals surface area (Å²) in [7, 11) is 0. The molecule has 61 heavy (non-hydrogen) atoms. The molecule has 0 N–H and O–H groups in total. The van der Waals surface area contributed by atoms with Crippen molar-refractivity contribution in [1.29, 1.82) is 0 Å². The average Bonchev–Trinajstić information content (AvgIpc) is 3.87. The Morgan fingerprint density at radius 2 is 0.902 bits per heavy atom. The number of nitrogens with zero attached hydrogens (tertiary/aromatic N) is 2. The van der Waals surface area contributed by atoms with E-state index in [1.807, 2.05) is 11.3 Å². The van der Waals surface area contributed by atoms with Crippen LogP contribution < -0.4 is 4.90 Å². The predicted molar refractivity (Wildman–Crippen MR) is 262 cm³/mol. The SMILES string of the molecule is c1cc(-c2ccc(-c3cccc4ccccc34)cc2)cc(N(c2ccccc2-c2ccc3sc4ccccc4c3c2)c2ccccc2-n2c3ccccc3c3ccccc32)c1. The number of fused-ring (bicyclic) bond motifs is 7. The normalized spacial score (nSPS) is 11.6. The Morgan fingerprint density at radius 1 is 0.328 bits per heavy atom. The minimum absolute atomic E-state index is 1.08. The summed E-state index contributed by atoms with van der Waals surface area (Å²) in [6.45, 7) is 0. The Labute approximate surface area is 358 Å². The lowest BCUT2D eigenvalue weighted by Gasteiger charge is -2.30. The molecule has 0 saturated carbocycles. The van der Waals surface area contributed by atoms with Gasteiger partial charge in [0.1, 0.15) is 0 Å². The fraction of sp³-hybridized carbons (Fsp3) is 0. The van der Waals surface area contributed by atoms with E-state index in [1.165, 1.54) is 80.6 Å². The summed E-state index contributed by atoms with van der Waals surface area (Å²) in [4.78, 5) is 2.47. The van der Waals surface area contributed by atoms with Crippen LogP contribution >= 0.6 is 11.3 Å². The van der Waals surface area contributed by atoms with Crippen molar-refractivity contribution >= 4 is 81.1 Å². The fourth-order valence-electron chi connectivity index (χ4n) is 9.38.